The number of likely N-dealkylation sites (N-methyl/N-ethyl adjacent to an activating group) is 5. The number of carbonyl (C=O) groups excluding carboxylic acids is 6. The summed E-state index contributed by atoms with van der Waals surface area (Å²) in [5, 5.41) is 4.94. The minimum atomic E-state index is -0.559. The molecule has 0 saturated heterocycles. The molecule has 0 radical (unpaired) electrons. The van der Waals surface area contributed by atoms with Crippen LogP contribution in [0.3, 0.4) is 0 Å². The molecule has 0 aromatic carbocycles. The number of hydrogen-bond acceptors (Lipinski definition) is 6. The van der Waals surface area contributed by atoms with Crippen LogP contribution in [0.4, 0.5) is 0 Å². The molecular formula is C17H30N6O6. The Morgan fingerprint density at radius 3 is 1.62 bits per heavy atom. The van der Waals surface area contributed by atoms with Crippen molar-refractivity contribution in [3.05, 3.63) is 0 Å². The minimum absolute atomic E-state index is 0.120. The highest BCUT2D eigenvalue weighted by Gasteiger charge is 2.19. The predicted octanol–water partition coefficient (Wildman–Crippen LogP) is -3.30. The minimum Gasteiger partial charge on any atom is -0.355 e. The van der Waals surface area contributed by atoms with E-state index in [2.05, 4.69) is 10.6 Å². The largest absolute Gasteiger partial charge is 0.355 e. The van der Waals surface area contributed by atoms with Gasteiger partial charge in [0.15, 0.2) is 0 Å². The first-order chi connectivity index (χ1) is 13.5. The van der Waals surface area contributed by atoms with E-state index in [9.17, 15) is 28.8 Å². The lowest BCUT2D eigenvalue weighted by Gasteiger charge is -2.22. The van der Waals surface area contributed by atoms with E-state index < -0.39 is 23.6 Å². The maximum atomic E-state index is 12.1. The van der Waals surface area contributed by atoms with Gasteiger partial charge in [-0.3, -0.25) is 28.8 Å². The highest BCUT2D eigenvalue weighted by atomic mass is 16.2. The van der Waals surface area contributed by atoms with Crippen LogP contribution in [0.1, 0.15) is 6.92 Å². The van der Waals surface area contributed by atoms with Crippen molar-refractivity contribution in [2.75, 3.05) is 67.5 Å². The summed E-state index contributed by atoms with van der Waals surface area (Å²) in [6.07, 6.45) is 0.495. The zero-order valence-corrected chi connectivity index (χ0v) is 17.6. The summed E-state index contributed by atoms with van der Waals surface area (Å²) in [4.78, 5) is 74.4. The summed E-state index contributed by atoms with van der Waals surface area (Å²) in [5.74, 6) is -2.23. The number of nitrogens with zero attached hydrogens (tertiary/aromatic N) is 4. The number of carbonyl (C=O) groups is 6. The molecule has 12 nitrogen and oxygen atoms in total. The van der Waals surface area contributed by atoms with Crippen molar-refractivity contribution < 1.29 is 28.8 Å². The molecule has 164 valence electrons. The standard InChI is InChI=1S/C17H30N6O6/c1-6-18-13(25)8-22(4)17(29)11-23(5)15(27)7-19-14(26)9-21(3)16(28)10-20(2)12-24/h12H,6-11H2,1-5H3,(H,18,25)(H,19,26). The van der Waals surface area contributed by atoms with Gasteiger partial charge in [0.05, 0.1) is 32.7 Å². The number of nitrogens with one attached hydrogen (secondary N) is 2. The van der Waals surface area contributed by atoms with E-state index in [0.717, 1.165) is 14.7 Å². The molecule has 2 N–H and O–H groups in total. The Morgan fingerprint density at radius 1 is 0.690 bits per heavy atom. The molecule has 0 saturated carbocycles. The summed E-state index contributed by atoms with van der Waals surface area (Å²) < 4.78 is 0. The Hall–Kier alpha value is -3.18. The Kier molecular flexibility index (Phi) is 11.6. The highest BCUT2D eigenvalue weighted by Crippen LogP contribution is 1.92. The lowest BCUT2D eigenvalue weighted by Crippen LogP contribution is -2.47. The van der Waals surface area contributed by atoms with Gasteiger partial charge in [0.1, 0.15) is 0 Å². The average Bonchev–Trinajstić information content (AvgIpc) is 2.65. The first kappa shape index (κ1) is 25.8. The first-order valence-corrected chi connectivity index (χ1v) is 8.92. The number of hydrogen-bond donors (Lipinski definition) is 2. The van der Waals surface area contributed by atoms with Gasteiger partial charge in [-0.25, -0.2) is 0 Å². The molecule has 0 aromatic rings. The molecule has 0 unspecified atom stereocenters. The van der Waals surface area contributed by atoms with Gasteiger partial charge in [0, 0.05) is 34.7 Å². The van der Waals surface area contributed by atoms with Crippen molar-refractivity contribution in [2.45, 2.75) is 6.92 Å². The van der Waals surface area contributed by atoms with Crippen LogP contribution in [0.15, 0.2) is 0 Å². The third-order valence-electron chi connectivity index (χ3n) is 3.79. The van der Waals surface area contributed by atoms with Gasteiger partial charge in [-0.05, 0) is 6.92 Å². The molecule has 12 heteroatoms. The zero-order valence-electron chi connectivity index (χ0n) is 17.6. The molecule has 0 atom stereocenters. The van der Waals surface area contributed by atoms with Crippen LogP contribution in [0.5, 0.6) is 0 Å². The lowest BCUT2D eigenvalue weighted by atomic mass is 10.4. The van der Waals surface area contributed by atoms with Gasteiger partial charge in [-0.2, -0.15) is 0 Å². The Bertz CT molecular complexity index is 626. The number of rotatable bonds is 12. The third-order valence-corrected chi connectivity index (χ3v) is 3.79. The molecule has 0 rings (SSSR count). The first-order valence-electron chi connectivity index (χ1n) is 8.92. The molecule has 0 fully saturated rings. The summed E-state index contributed by atoms with van der Waals surface area (Å²) in [6, 6.07) is 0. The fourth-order valence-corrected chi connectivity index (χ4v) is 2.01. The molecule has 0 bridgehead atoms. The second-order valence-electron chi connectivity index (χ2n) is 6.50. The molecule has 0 aliphatic heterocycles. The predicted molar refractivity (Wildman–Crippen MR) is 103 cm³/mol. The van der Waals surface area contributed by atoms with E-state index in [0.29, 0.717) is 13.0 Å². The molecular weight excluding hydrogens is 384 g/mol. The van der Waals surface area contributed by atoms with Crippen molar-refractivity contribution in [2.24, 2.45) is 0 Å². The summed E-state index contributed by atoms with van der Waals surface area (Å²) >= 11 is 0. The zero-order chi connectivity index (χ0) is 22.6. The van der Waals surface area contributed by atoms with Crippen molar-refractivity contribution in [3.8, 4) is 0 Å². The van der Waals surface area contributed by atoms with Crippen LogP contribution in [0.25, 0.3) is 0 Å². The monoisotopic (exact) mass is 414 g/mol. The second-order valence-corrected chi connectivity index (χ2v) is 6.50. The quantitative estimate of drug-likeness (QED) is 0.321. The topological polar surface area (TPSA) is 139 Å². The van der Waals surface area contributed by atoms with Crippen molar-refractivity contribution in [3.63, 3.8) is 0 Å². The Balaban J connectivity index is 4.36. The van der Waals surface area contributed by atoms with E-state index in [-0.39, 0.29) is 38.6 Å². The third kappa shape index (κ3) is 10.7. The van der Waals surface area contributed by atoms with E-state index in [4.69, 9.17) is 0 Å². The van der Waals surface area contributed by atoms with Gasteiger partial charge in [0.2, 0.25) is 35.9 Å². The smallest absolute Gasteiger partial charge is 0.242 e. The molecule has 29 heavy (non-hydrogen) atoms. The molecule has 0 aliphatic carbocycles. The van der Waals surface area contributed by atoms with Gasteiger partial charge in [0.25, 0.3) is 0 Å². The van der Waals surface area contributed by atoms with Crippen LogP contribution in [0, 0.1) is 0 Å². The second kappa shape index (κ2) is 13.1. The van der Waals surface area contributed by atoms with Crippen molar-refractivity contribution in [1.29, 1.82) is 0 Å². The SMILES string of the molecule is CCNC(=O)CN(C)C(=O)CN(C)C(=O)CNC(=O)CN(C)C(=O)CN(C)C=O. The van der Waals surface area contributed by atoms with E-state index in [1.54, 1.807) is 6.92 Å². The maximum Gasteiger partial charge on any atom is 0.242 e. The fourth-order valence-electron chi connectivity index (χ4n) is 2.01. The Morgan fingerprint density at radius 2 is 1.14 bits per heavy atom. The molecule has 0 spiro atoms. The van der Waals surface area contributed by atoms with Gasteiger partial charge >= 0.3 is 0 Å². The summed E-state index contributed by atoms with van der Waals surface area (Å²) in [7, 11) is 5.68. The van der Waals surface area contributed by atoms with Gasteiger partial charge < -0.3 is 30.2 Å². The van der Waals surface area contributed by atoms with Crippen molar-refractivity contribution >= 4 is 35.9 Å². The highest BCUT2D eigenvalue weighted by molar-refractivity contribution is 5.91. The normalized spacial score (nSPS) is 9.83. The van der Waals surface area contributed by atoms with E-state index >= 15 is 0 Å². The van der Waals surface area contributed by atoms with Crippen LogP contribution in [0.2, 0.25) is 0 Å². The van der Waals surface area contributed by atoms with Crippen molar-refractivity contribution in [1.82, 2.24) is 30.2 Å². The van der Waals surface area contributed by atoms with E-state index in [1.807, 2.05) is 0 Å². The molecule has 0 heterocycles. The van der Waals surface area contributed by atoms with Crippen LogP contribution in [-0.2, 0) is 28.8 Å². The lowest BCUT2D eigenvalue weighted by molar-refractivity contribution is -0.140. The molecule has 0 aliphatic rings. The Labute approximate surface area is 170 Å². The maximum absolute atomic E-state index is 12.1. The summed E-state index contributed by atoms with van der Waals surface area (Å²) in [6.45, 7) is 1.05. The average molecular weight is 414 g/mol. The van der Waals surface area contributed by atoms with Crippen LogP contribution in [-0.4, -0.2) is 123 Å². The molecule has 0 aromatic heterocycles. The van der Waals surface area contributed by atoms with E-state index in [1.165, 1.54) is 33.1 Å². The number of amides is 6. The molecule has 6 amide bonds. The van der Waals surface area contributed by atoms with Gasteiger partial charge in [-0.1, -0.05) is 0 Å². The van der Waals surface area contributed by atoms with Gasteiger partial charge in [-0.15, -0.1) is 0 Å². The summed E-state index contributed by atoms with van der Waals surface area (Å²) in [5.41, 5.74) is 0. The fraction of sp³-hybridized carbons (Fsp3) is 0.647. The van der Waals surface area contributed by atoms with Crippen LogP contribution >= 0.6 is 0 Å². The van der Waals surface area contributed by atoms with Crippen LogP contribution < -0.4 is 10.6 Å².